The van der Waals surface area contributed by atoms with Gasteiger partial charge in [0, 0.05) is 12.0 Å². The van der Waals surface area contributed by atoms with Crippen molar-refractivity contribution in [1.82, 2.24) is 0 Å². The molecule has 19 heavy (non-hydrogen) atoms. The van der Waals surface area contributed by atoms with Crippen molar-refractivity contribution >= 4 is 0 Å². The molecule has 2 nitrogen and oxygen atoms in total. The predicted octanol–water partition coefficient (Wildman–Crippen LogP) is 3.72. The van der Waals surface area contributed by atoms with Crippen molar-refractivity contribution < 1.29 is 5.11 Å². The van der Waals surface area contributed by atoms with Gasteiger partial charge in [-0.05, 0) is 55.8 Å². The molecular weight excluding hydrogens is 234 g/mol. The smallest absolute Gasteiger partial charge is 0.0636 e. The first-order chi connectivity index (χ1) is 8.89. The zero-order valence-corrected chi connectivity index (χ0v) is 13.1. The van der Waals surface area contributed by atoms with Gasteiger partial charge in [-0.2, -0.15) is 0 Å². The van der Waals surface area contributed by atoms with Gasteiger partial charge < -0.3 is 10.8 Å². The van der Waals surface area contributed by atoms with Gasteiger partial charge in [-0.15, -0.1) is 0 Å². The van der Waals surface area contributed by atoms with Crippen LogP contribution in [-0.4, -0.2) is 17.8 Å². The molecule has 0 saturated heterocycles. The lowest BCUT2D eigenvalue weighted by atomic mass is 9.60. The molecule has 0 heterocycles. The third-order valence-corrected chi connectivity index (χ3v) is 6.09. The van der Waals surface area contributed by atoms with Gasteiger partial charge in [0.25, 0.3) is 0 Å². The van der Waals surface area contributed by atoms with Crippen molar-refractivity contribution in [1.29, 1.82) is 0 Å². The summed E-state index contributed by atoms with van der Waals surface area (Å²) < 4.78 is 0. The Balaban J connectivity index is 2.00. The van der Waals surface area contributed by atoms with Crippen LogP contribution in [0.25, 0.3) is 0 Å². The summed E-state index contributed by atoms with van der Waals surface area (Å²) in [5.41, 5.74) is 6.53. The van der Waals surface area contributed by atoms with Crippen molar-refractivity contribution in [3.8, 4) is 0 Å². The van der Waals surface area contributed by atoms with Gasteiger partial charge in [0.1, 0.15) is 0 Å². The Kier molecular flexibility index (Phi) is 4.62. The van der Waals surface area contributed by atoms with Crippen LogP contribution in [0.1, 0.15) is 72.1 Å². The lowest BCUT2D eigenvalue weighted by Gasteiger charge is -2.47. The molecule has 112 valence electrons. The van der Waals surface area contributed by atoms with Crippen LogP contribution in [0.4, 0.5) is 0 Å². The average molecular weight is 267 g/mol. The van der Waals surface area contributed by atoms with Gasteiger partial charge >= 0.3 is 0 Å². The molecule has 0 aromatic carbocycles. The maximum atomic E-state index is 10.8. The lowest BCUT2D eigenvalue weighted by Crippen LogP contribution is -2.48. The molecule has 2 aliphatic carbocycles. The SMILES string of the molecule is CC(C)(C)C1CCC(CN)(C(O)C2CCCC2)CC1. The molecular formula is C17H33NO. The highest BCUT2D eigenvalue weighted by Crippen LogP contribution is 2.49. The van der Waals surface area contributed by atoms with E-state index >= 15 is 0 Å². The first kappa shape index (κ1) is 15.3. The van der Waals surface area contributed by atoms with Gasteiger partial charge in [0.05, 0.1) is 6.10 Å². The molecule has 0 spiro atoms. The Morgan fingerprint density at radius 2 is 1.63 bits per heavy atom. The second kappa shape index (κ2) is 5.73. The van der Waals surface area contributed by atoms with E-state index in [0.717, 1.165) is 18.8 Å². The lowest BCUT2D eigenvalue weighted by molar-refractivity contribution is -0.0521. The highest BCUT2D eigenvalue weighted by molar-refractivity contribution is 4.97. The number of hydrogen-bond acceptors (Lipinski definition) is 2. The second-order valence-corrected chi connectivity index (χ2v) is 8.20. The first-order valence-corrected chi connectivity index (χ1v) is 8.27. The Bertz CT molecular complexity index is 280. The van der Waals surface area contributed by atoms with Gasteiger partial charge in [-0.3, -0.25) is 0 Å². The zero-order valence-electron chi connectivity index (χ0n) is 13.1. The highest BCUT2D eigenvalue weighted by Gasteiger charge is 2.45. The van der Waals surface area contributed by atoms with Gasteiger partial charge in [-0.1, -0.05) is 33.6 Å². The quantitative estimate of drug-likeness (QED) is 0.818. The Morgan fingerprint density at radius 3 is 2.05 bits per heavy atom. The predicted molar refractivity (Wildman–Crippen MR) is 80.9 cm³/mol. The van der Waals surface area contributed by atoms with E-state index in [1.54, 1.807) is 0 Å². The molecule has 1 unspecified atom stereocenters. The van der Waals surface area contributed by atoms with Crippen LogP contribution in [0.5, 0.6) is 0 Å². The average Bonchev–Trinajstić information content (AvgIpc) is 2.90. The van der Waals surface area contributed by atoms with Gasteiger partial charge in [-0.25, -0.2) is 0 Å². The van der Waals surface area contributed by atoms with E-state index in [2.05, 4.69) is 20.8 Å². The number of aliphatic hydroxyl groups excluding tert-OH is 1. The fourth-order valence-corrected chi connectivity index (χ4v) is 4.45. The summed E-state index contributed by atoms with van der Waals surface area (Å²) in [6, 6.07) is 0. The van der Waals surface area contributed by atoms with Crippen molar-refractivity contribution in [2.24, 2.45) is 28.4 Å². The topological polar surface area (TPSA) is 46.2 Å². The fraction of sp³-hybridized carbons (Fsp3) is 1.00. The maximum Gasteiger partial charge on any atom is 0.0636 e. The fourth-order valence-electron chi connectivity index (χ4n) is 4.45. The largest absolute Gasteiger partial charge is 0.392 e. The summed E-state index contributed by atoms with van der Waals surface area (Å²) in [5.74, 6) is 1.32. The van der Waals surface area contributed by atoms with Gasteiger partial charge in [0.15, 0.2) is 0 Å². The van der Waals surface area contributed by atoms with E-state index in [-0.39, 0.29) is 11.5 Å². The van der Waals surface area contributed by atoms with Gasteiger partial charge in [0.2, 0.25) is 0 Å². The molecule has 0 aromatic rings. The van der Waals surface area contributed by atoms with Crippen LogP contribution >= 0.6 is 0 Å². The minimum atomic E-state index is -0.152. The molecule has 2 rings (SSSR count). The van der Waals surface area contributed by atoms with E-state index in [9.17, 15) is 5.11 Å². The Labute approximate surface area is 119 Å². The Hall–Kier alpha value is -0.0800. The van der Waals surface area contributed by atoms with E-state index < -0.39 is 0 Å². The summed E-state index contributed by atoms with van der Waals surface area (Å²) in [6.45, 7) is 7.71. The molecule has 0 aliphatic heterocycles. The third-order valence-electron chi connectivity index (χ3n) is 6.09. The van der Waals surface area contributed by atoms with E-state index in [1.165, 1.54) is 38.5 Å². The summed E-state index contributed by atoms with van der Waals surface area (Å²) >= 11 is 0. The van der Waals surface area contributed by atoms with Crippen LogP contribution in [0.3, 0.4) is 0 Å². The molecule has 0 aromatic heterocycles. The molecule has 2 fully saturated rings. The summed E-state index contributed by atoms with van der Waals surface area (Å²) in [6.07, 6.45) is 9.61. The number of rotatable bonds is 3. The van der Waals surface area contributed by atoms with Crippen molar-refractivity contribution in [2.45, 2.75) is 78.2 Å². The monoisotopic (exact) mass is 267 g/mol. The van der Waals surface area contributed by atoms with Crippen molar-refractivity contribution in [3.05, 3.63) is 0 Å². The van der Waals surface area contributed by atoms with E-state index in [4.69, 9.17) is 5.73 Å². The first-order valence-electron chi connectivity index (χ1n) is 8.27. The van der Waals surface area contributed by atoms with Crippen LogP contribution in [-0.2, 0) is 0 Å². The van der Waals surface area contributed by atoms with E-state index in [1.807, 2.05) is 0 Å². The molecule has 0 radical (unpaired) electrons. The summed E-state index contributed by atoms with van der Waals surface area (Å²) in [4.78, 5) is 0. The van der Waals surface area contributed by atoms with E-state index in [0.29, 0.717) is 17.9 Å². The summed E-state index contributed by atoms with van der Waals surface area (Å²) in [5, 5.41) is 10.8. The van der Waals surface area contributed by atoms with Crippen molar-refractivity contribution in [2.75, 3.05) is 6.54 Å². The molecule has 0 amide bonds. The number of hydrogen-bond donors (Lipinski definition) is 2. The molecule has 3 N–H and O–H groups in total. The van der Waals surface area contributed by atoms with Crippen LogP contribution in [0, 0.1) is 22.7 Å². The van der Waals surface area contributed by atoms with Crippen LogP contribution in [0.15, 0.2) is 0 Å². The molecule has 2 aliphatic rings. The molecule has 0 bridgehead atoms. The third kappa shape index (κ3) is 3.16. The zero-order chi connectivity index (χ0) is 14.1. The van der Waals surface area contributed by atoms with Crippen LogP contribution < -0.4 is 5.73 Å². The Morgan fingerprint density at radius 1 is 1.11 bits per heavy atom. The van der Waals surface area contributed by atoms with Crippen LogP contribution in [0.2, 0.25) is 0 Å². The number of nitrogens with two attached hydrogens (primary N) is 1. The molecule has 2 heteroatoms. The molecule has 1 atom stereocenters. The maximum absolute atomic E-state index is 10.8. The molecule has 2 saturated carbocycles. The normalized spacial score (nSPS) is 35.5. The second-order valence-electron chi connectivity index (χ2n) is 8.20. The highest BCUT2D eigenvalue weighted by atomic mass is 16.3. The van der Waals surface area contributed by atoms with Crippen molar-refractivity contribution in [3.63, 3.8) is 0 Å². The summed E-state index contributed by atoms with van der Waals surface area (Å²) in [7, 11) is 0. The minimum absolute atomic E-state index is 0.0246. The standard InChI is InChI=1S/C17H33NO/c1-16(2,3)14-8-10-17(12-18,11-9-14)15(19)13-6-4-5-7-13/h13-15,19H,4-12,18H2,1-3H3. The minimum Gasteiger partial charge on any atom is -0.392 e. The number of aliphatic hydroxyl groups is 1.